The third-order valence-electron chi connectivity index (χ3n) is 4.95. The van der Waals surface area contributed by atoms with Crippen LogP contribution in [0.3, 0.4) is 0 Å². The fourth-order valence-electron chi connectivity index (χ4n) is 3.16. The van der Waals surface area contributed by atoms with Gasteiger partial charge in [0.15, 0.2) is 11.5 Å². The maximum absolute atomic E-state index is 12.7. The van der Waals surface area contributed by atoms with E-state index >= 15 is 0 Å². The normalized spacial score (nSPS) is 14.6. The molecule has 0 saturated heterocycles. The second kappa shape index (κ2) is 8.16. The van der Waals surface area contributed by atoms with E-state index in [1.165, 1.54) is 32.4 Å². The Balaban J connectivity index is 1.77. The first-order chi connectivity index (χ1) is 13.9. The highest BCUT2D eigenvalue weighted by molar-refractivity contribution is 7.92. The smallest absolute Gasteiger partial charge is 0.262 e. The van der Waals surface area contributed by atoms with Gasteiger partial charge in [-0.05, 0) is 42.7 Å². The molecule has 1 aliphatic rings. The zero-order valence-corrected chi connectivity index (χ0v) is 17.2. The predicted octanol–water partition coefficient (Wildman–Crippen LogP) is 2.84. The van der Waals surface area contributed by atoms with Crippen molar-refractivity contribution >= 4 is 21.6 Å². The Hall–Kier alpha value is -3.00. The molecule has 0 radical (unpaired) electrons. The predicted molar refractivity (Wildman–Crippen MR) is 111 cm³/mol. The fourth-order valence-corrected chi connectivity index (χ4v) is 4.23. The molecule has 154 valence electrons. The lowest BCUT2D eigenvalue weighted by atomic mass is 9.95. The van der Waals surface area contributed by atoms with Crippen LogP contribution in [0.15, 0.2) is 60.0 Å². The van der Waals surface area contributed by atoms with Crippen molar-refractivity contribution in [2.75, 3.05) is 25.5 Å². The molecule has 0 heterocycles. The molecule has 1 fully saturated rings. The van der Waals surface area contributed by atoms with Crippen molar-refractivity contribution in [3.05, 3.63) is 60.7 Å². The second-order valence-electron chi connectivity index (χ2n) is 6.78. The van der Waals surface area contributed by atoms with Crippen LogP contribution in [0.5, 0.6) is 11.5 Å². The average Bonchev–Trinajstić information content (AvgIpc) is 3.53. The van der Waals surface area contributed by atoms with Crippen molar-refractivity contribution in [3.63, 3.8) is 0 Å². The highest BCUT2D eigenvalue weighted by Gasteiger charge is 2.50. The van der Waals surface area contributed by atoms with Crippen LogP contribution < -0.4 is 19.5 Å². The number of benzene rings is 2. The molecule has 8 heteroatoms. The van der Waals surface area contributed by atoms with Crippen LogP contribution >= 0.6 is 0 Å². The summed E-state index contributed by atoms with van der Waals surface area (Å²) >= 11 is 0. The first-order valence-corrected chi connectivity index (χ1v) is 10.6. The van der Waals surface area contributed by atoms with Gasteiger partial charge in [0.25, 0.3) is 10.0 Å². The number of carbonyl (C=O) groups excluding carboxylic acids is 1. The summed E-state index contributed by atoms with van der Waals surface area (Å²) in [6, 6.07) is 11.3. The number of nitrogens with one attached hydrogen (secondary N) is 2. The molecule has 1 saturated carbocycles. The lowest BCUT2D eigenvalue weighted by Crippen LogP contribution is -2.34. The van der Waals surface area contributed by atoms with Crippen LogP contribution in [0.1, 0.15) is 18.4 Å². The number of hydrogen-bond acceptors (Lipinski definition) is 5. The summed E-state index contributed by atoms with van der Waals surface area (Å²) < 4.78 is 38.3. The van der Waals surface area contributed by atoms with E-state index in [2.05, 4.69) is 16.6 Å². The molecule has 0 bridgehead atoms. The molecule has 2 aromatic carbocycles. The van der Waals surface area contributed by atoms with E-state index in [1.807, 2.05) is 0 Å². The molecule has 0 aliphatic heterocycles. The maximum Gasteiger partial charge on any atom is 0.262 e. The summed E-state index contributed by atoms with van der Waals surface area (Å²) in [5.41, 5.74) is 0.753. The highest BCUT2D eigenvalue weighted by Crippen LogP contribution is 2.48. The van der Waals surface area contributed by atoms with Gasteiger partial charge in [-0.1, -0.05) is 18.2 Å². The Morgan fingerprint density at radius 3 is 2.31 bits per heavy atom. The van der Waals surface area contributed by atoms with Crippen LogP contribution in [-0.4, -0.2) is 35.1 Å². The molecule has 0 unspecified atom stereocenters. The van der Waals surface area contributed by atoms with Gasteiger partial charge in [-0.15, -0.1) is 6.58 Å². The Kier molecular flexibility index (Phi) is 5.83. The molecule has 2 aromatic rings. The van der Waals surface area contributed by atoms with E-state index in [4.69, 9.17) is 9.47 Å². The first-order valence-electron chi connectivity index (χ1n) is 9.11. The molecule has 0 aromatic heterocycles. The quantitative estimate of drug-likeness (QED) is 0.613. The second-order valence-corrected chi connectivity index (χ2v) is 8.46. The van der Waals surface area contributed by atoms with Crippen LogP contribution in [0.4, 0.5) is 5.69 Å². The number of methoxy groups -OCH3 is 2. The lowest BCUT2D eigenvalue weighted by Gasteiger charge is -2.16. The monoisotopic (exact) mass is 416 g/mol. The van der Waals surface area contributed by atoms with Gasteiger partial charge in [0.1, 0.15) is 0 Å². The van der Waals surface area contributed by atoms with Crippen molar-refractivity contribution in [1.82, 2.24) is 5.32 Å². The third kappa shape index (κ3) is 4.22. The van der Waals surface area contributed by atoms with Gasteiger partial charge < -0.3 is 14.8 Å². The number of amides is 1. The van der Waals surface area contributed by atoms with Crippen LogP contribution in [0, 0.1) is 0 Å². The number of sulfonamides is 1. The van der Waals surface area contributed by atoms with Gasteiger partial charge in [0, 0.05) is 18.3 Å². The number of hydrogen-bond donors (Lipinski definition) is 2. The SMILES string of the molecule is C=CCNC(=O)C1(c2ccc(NS(=O)(=O)c3ccc(OC)c(OC)c3)cc2)CC1. The minimum absolute atomic E-state index is 0.0314. The summed E-state index contributed by atoms with van der Waals surface area (Å²) in [7, 11) is -0.882. The largest absolute Gasteiger partial charge is 0.493 e. The molecule has 7 nitrogen and oxygen atoms in total. The van der Waals surface area contributed by atoms with Gasteiger partial charge in [0.05, 0.1) is 24.5 Å². The summed E-state index contributed by atoms with van der Waals surface area (Å²) in [4.78, 5) is 12.5. The molecule has 29 heavy (non-hydrogen) atoms. The zero-order chi connectivity index (χ0) is 21.1. The van der Waals surface area contributed by atoms with Gasteiger partial charge in [-0.2, -0.15) is 0 Å². The standard InChI is InChI=1S/C21H24N2O5S/c1-4-13-22-20(24)21(11-12-21)15-5-7-16(8-6-15)23-29(25,26)17-9-10-18(27-2)19(14-17)28-3/h4-10,14,23H,1,11-13H2,2-3H3,(H,22,24). The number of carbonyl (C=O) groups is 1. The van der Waals surface area contributed by atoms with E-state index in [-0.39, 0.29) is 10.8 Å². The Bertz CT molecular complexity index is 1010. The summed E-state index contributed by atoms with van der Waals surface area (Å²) in [5.74, 6) is 0.739. The van der Waals surface area contributed by atoms with Crippen LogP contribution in [0.25, 0.3) is 0 Å². The average molecular weight is 416 g/mol. The lowest BCUT2D eigenvalue weighted by molar-refractivity contribution is -0.123. The van der Waals surface area contributed by atoms with Crippen molar-refractivity contribution in [2.24, 2.45) is 0 Å². The third-order valence-corrected chi connectivity index (χ3v) is 6.33. The van der Waals surface area contributed by atoms with Gasteiger partial charge in [0.2, 0.25) is 5.91 Å². The maximum atomic E-state index is 12.7. The van der Waals surface area contributed by atoms with E-state index in [1.54, 1.807) is 30.3 Å². The molecular formula is C21H24N2O5S. The number of anilines is 1. The molecule has 3 rings (SSSR count). The van der Waals surface area contributed by atoms with E-state index in [0.29, 0.717) is 23.7 Å². The van der Waals surface area contributed by atoms with Crippen LogP contribution in [0.2, 0.25) is 0 Å². The molecule has 0 atom stereocenters. The Morgan fingerprint density at radius 2 is 1.76 bits per heavy atom. The molecule has 1 amide bonds. The first kappa shape index (κ1) is 20.7. The Labute approximate surface area is 170 Å². The summed E-state index contributed by atoms with van der Waals surface area (Å²) in [6.45, 7) is 4.02. The minimum Gasteiger partial charge on any atom is -0.493 e. The zero-order valence-electron chi connectivity index (χ0n) is 16.4. The topological polar surface area (TPSA) is 93.7 Å². The van der Waals surface area contributed by atoms with Gasteiger partial charge in [-0.25, -0.2) is 8.42 Å². The molecule has 2 N–H and O–H groups in total. The van der Waals surface area contributed by atoms with Crippen molar-refractivity contribution < 1.29 is 22.7 Å². The van der Waals surface area contributed by atoms with Crippen molar-refractivity contribution in [3.8, 4) is 11.5 Å². The minimum atomic E-state index is -3.81. The van der Waals surface area contributed by atoms with Crippen LogP contribution in [-0.2, 0) is 20.2 Å². The summed E-state index contributed by atoms with van der Waals surface area (Å²) in [6.07, 6.45) is 3.18. The van der Waals surface area contributed by atoms with E-state index < -0.39 is 15.4 Å². The van der Waals surface area contributed by atoms with Crippen molar-refractivity contribution in [2.45, 2.75) is 23.2 Å². The fraction of sp³-hybridized carbons (Fsp3) is 0.286. The van der Waals surface area contributed by atoms with Gasteiger partial charge in [-0.3, -0.25) is 9.52 Å². The number of ether oxygens (including phenoxy) is 2. The summed E-state index contributed by atoms with van der Waals surface area (Å²) in [5, 5.41) is 2.84. The molecule has 0 spiro atoms. The number of rotatable bonds is 9. The van der Waals surface area contributed by atoms with Crippen molar-refractivity contribution in [1.29, 1.82) is 0 Å². The van der Waals surface area contributed by atoms with Gasteiger partial charge >= 0.3 is 0 Å². The van der Waals surface area contributed by atoms with E-state index in [9.17, 15) is 13.2 Å². The Morgan fingerprint density at radius 1 is 1.10 bits per heavy atom. The molecular weight excluding hydrogens is 392 g/mol. The highest BCUT2D eigenvalue weighted by atomic mass is 32.2. The van der Waals surface area contributed by atoms with E-state index in [0.717, 1.165) is 18.4 Å². The molecule has 1 aliphatic carbocycles.